The molecule has 1 aliphatic rings. The van der Waals surface area contributed by atoms with Crippen molar-refractivity contribution in [2.24, 2.45) is 0 Å². The van der Waals surface area contributed by atoms with Crippen LogP contribution in [0, 0.1) is 0 Å². The molecule has 0 fully saturated rings. The summed E-state index contributed by atoms with van der Waals surface area (Å²) in [6, 6.07) is 80.9. The van der Waals surface area contributed by atoms with Crippen LogP contribution in [0.5, 0.6) is 0 Å². The highest BCUT2D eigenvalue weighted by Gasteiger charge is 2.40. The third-order valence-electron chi connectivity index (χ3n) is 13.9. The molecule has 13 rings (SSSR count). The maximum absolute atomic E-state index is 2.55. The van der Waals surface area contributed by atoms with Gasteiger partial charge in [0.15, 0.2) is 0 Å². The van der Waals surface area contributed by atoms with E-state index in [4.69, 9.17) is 0 Å². The van der Waals surface area contributed by atoms with Crippen molar-refractivity contribution >= 4 is 82.0 Å². The fourth-order valence-corrected chi connectivity index (χ4v) is 11.2. The van der Waals surface area contributed by atoms with E-state index in [0.717, 1.165) is 0 Å². The van der Waals surface area contributed by atoms with Crippen LogP contribution in [-0.4, -0.2) is 4.57 Å². The molecule has 2 heterocycles. The third kappa shape index (κ3) is 5.13. The average Bonchev–Trinajstić information content (AvgIpc) is 3.67. The summed E-state index contributed by atoms with van der Waals surface area (Å²) in [6.07, 6.45) is 0. The molecule has 63 heavy (non-hydrogen) atoms. The molecule has 11 aromatic carbocycles. The Hall–Kier alpha value is -7.94. The number of benzene rings is 11. The van der Waals surface area contributed by atoms with Crippen molar-refractivity contribution in [1.82, 2.24) is 4.57 Å². The highest BCUT2D eigenvalue weighted by atomic mass is 15.2. The Morgan fingerprint density at radius 3 is 1.41 bits per heavy atom. The van der Waals surface area contributed by atoms with Gasteiger partial charge in [0.25, 0.3) is 0 Å². The quantitative estimate of drug-likeness (QED) is 0.172. The molecule has 0 spiro atoms. The van der Waals surface area contributed by atoms with E-state index in [1.807, 2.05) is 0 Å². The number of hydrogen-bond donors (Lipinski definition) is 0. The van der Waals surface area contributed by atoms with Gasteiger partial charge in [-0.25, -0.2) is 0 Å². The minimum absolute atomic E-state index is 0.310. The maximum Gasteiger partial charge on any atom is 0.0545 e. The van der Waals surface area contributed by atoms with Crippen LogP contribution >= 0.6 is 0 Å². The first kappa shape index (κ1) is 35.8. The van der Waals surface area contributed by atoms with Crippen LogP contribution in [0.15, 0.2) is 218 Å². The van der Waals surface area contributed by atoms with Crippen LogP contribution in [-0.2, 0) is 5.41 Å². The van der Waals surface area contributed by atoms with Gasteiger partial charge < -0.3 is 9.47 Å². The molecule has 0 saturated carbocycles. The predicted octanol–water partition coefficient (Wildman–Crippen LogP) is 16.8. The highest BCUT2D eigenvalue weighted by Crippen LogP contribution is 2.57. The first-order valence-electron chi connectivity index (χ1n) is 22.0. The minimum atomic E-state index is -0.310. The van der Waals surface area contributed by atoms with E-state index in [0.29, 0.717) is 0 Å². The summed E-state index contributed by atoms with van der Waals surface area (Å²) >= 11 is 0. The summed E-state index contributed by atoms with van der Waals surface area (Å²) in [5.74, 6) is 0. The van der Waals surface area contributed by atoms with Gasteiger partial charge in [0.2, 0.25) is 0 Å². The largest absolute Gasteiger partial charge is 0.309 e. The molecule has 1 aromatic heterocycles. The Balaban J connectivity index is 1.07. The van der Waals surface area contributed by atoms with Gasteiger partial charge in [-0.15, -0.1) is 0 Å². The highest BCUT2D eigenvalue weighted by molar-refractivity contribution is 6.17. The van der Waals surface area contributed by atoms with Crippen molar-refractivity contribution in [3.8, 4) is 27.9 Å². The Morgan fingerprint density at radius 2 is 0.762 bits per heavy atom. The summed E-state index contributed by atoms with van der Waals surface area (Å²) in [5, 5.41) is 12.5. The number of para-hydroxylation sites is 2. The number of rotatable bonds is 4. The number of fused-ring (bicyclic) bond motifs is 10. The molecule has 2 nitrogen and oxygen atoms in total. The van der Waals surface area contributed by atoms with E-state index in [1.54, 1.807) is 0 Å². The monoisotopic (exact) mass is 802 g/mol. The van der Waals surface area contributed by atoms with E-state index in [1.165, 1.54) is 121 Å². The average molecular weight is 803 g/mol. The van der Waals surface area contributed by atoms with Gasteiger partial charge >= 0.3 is 0 Å². The smallest absolute Gasteiger partial charge is 0.0545 e. The number of aromatic nitrogens is 1. The first-order valence-corrected chi connectivity index (χ1v) is 22.0. The normalized spacial score (nSPS) is 13.3. The second-order valence-corrected chi connectivity index (χ2v) is 17.6. The standard InChI is InChI=1S/C61H42N2/c1-61(2)52-30-12-14-32-56(52)63(55-36-34-48(46-24-8-10-26-50(46)55)44-29-16-20-40-18-4-6-22-42(40)44)58-38-37-57-59(60(58)61)51-27-11-13-31-53(51)62(57)54-35-33-47(45-23-7-9-25-49(45)54)43-28-15-19-39-17-3-5-21-41(39)43/h3-38H,1-2H3. The lowest BCUT2D eigenvalue weighted by atomic mass is 9.72. The van der Waals surface area contributed by atoms with Crippen molar-refractivity contribution in [3.63, 3.8) is 0 Å². The molecule has 0 saturated heterocycles. The summed E-state index contributed by atoms with van der Waals surface area (Å²) in [4.78, 5) is 2.55. The van der Waals surface area contributed by atoms with Crippen LogP contribution in [0.3, 0.4) is 0 Å². The van der Waals surface area contributed by atoms with Crippen LogP contribution < -0.4 is 4.90 Å². The zero-order valence-electron chi connectivity index (χ0n) is 35.2. The Bertz CT molecular complexity index is 3840. The van der Waals surface area contributed by atoms with Crippen LogP contribution in [0.25, 0.3) is 92.8 Å². The van der Waals surface area contributed by atoms with Gasteiger partial charge in [-0.1, -0.05) is 196 Å². The van der Waals surface area contributed by atoms with Gasteiger partial charge in [0, 0.05) is 27.0 Å². The Labute approximate surface area is 366 Å². The summed E-state index contributed by atoms with van der Waals surface area (Å²) in [5.41, 5.74) is 14.6. The van der Waals surface area contributed by atoms with Crippen LogP contribution in [0.2, 0.25) is 0 Å². The molecule has 0 aliphatic carbocycles. The van der Waals surface area contributed by atoms with Crippen molar-refractivity contribution < 1.29 is 0 Å². The van der Waals surface area contributed by atoms with E-state index in [-0.39, 0.29) is 5.41 Å². The molecule has 0 amide bonds. The van der Waals surface area contributed by atoms with E-state index < -0.39 is 0 Å². The molecule has 1 aliphatic heterocycles. The molecule has 296 valence electrons. The van der Waals surface area contributed by atoms with Gasteiger partial charge in [-0.05, 0) is 102 Å². The lowest BCUT2D eigenvalue weighted by Crippen LogP contribution is -2.31. The fourth-order valence-electron chi connectivity index (χ4n) is 11.2. The van der Waals surface area contributed by atoms with Gasteiger partial charge in [-0.2, -0.15) is 0 Å². The maximum atomic E-state index is 2.55. The van der Waals surface area contributed by atoms with Crippen LogP contribution in [0.1, 0.15) is 25.0 Å². The first-order chi connectivity index (χ1) is 31.1. The van der Waals surface area contributed by atoms with Gasteiger partial charge in [0.1, 0.15) is 0 Å². The Morgan fingerprint density at radius 1 is 0.302 bits per heavy atom. The lowest BCUT2D eigenvalue weighted by molar-refractivity contribution is 0.638. The van der Waals surface area contributed by atoms with Crippen molar-refractivity contribution in [3.05, 3.63) is 230 Å². The second kappa shape index (κ2) is 13.5. The molecule has 0 N–H and O–H groups in total. The lowest BCUT2D eigenvalue weighted by Gasteiger charge is -2.43. The molecule has 12 aromatic rings. The number of anilines is 3. The van der Waals surface area contributed by atoms with E-state index in [9.17, 15) is 0 Å². The zero-order valence-corrected chi connectivity index (χ0v) is 35.2. The Kier molecular flexibility index (Phi) is 7.68. The fraction of sp³-hybridized carbons (Fsp3) is 0.0492. The van der Waals surface area contributed by atoms with Crippen LogP contribution in [0.4, 0.5) is 17.1 Å². The summed E-state index contributed by atoms with van der Waals surface area (Å²) in [6.45, 7) is 4.84. The molecular weight excluding hydrogens is 761 g/mol. The molecule has 0 radical (unpaired) electrons. The topological polar surface area (TPSA) is 8.17 Å². The molecule has 0 unspecified atom stereocenters. The van der Waals surface area contributed by atoms with Crippen molar-refractivity contribution in [2.45, 2.75) is 19.3 Å². The molecular formula is C61H42N2. The summed E-state index contributed by atoms with van der Waals surface area (Å²) in [7, 11) is 0. The summed E-state index contributed by atoms with van der Waals surface area (Å²) < 4.78 is 2.52. The SMILES string of the molecule is CC1(C)c2ccccc2N(c2ccc(-c3cccc4ccccc34)c3ccccc23)c2ccc3c(c21)c1ccccc1n3-c1ccc(-c2cccc3ccccc23)c2ccccc12. The van der Waals surface area contributed by atoms with Crippen molar-refractivity contribution in [2.75, 3.05) is 4.90 Å². The number of nitrogens with zero attached hydrogens (tertiary/aromatic N) is 2. The van der Waals surface area contributed by atoms with Crippen molar-refractivity contribution in [1.29, 1.82) is 0 Å². The zero-order chi connectivity index (χ0) is 41.8. The van der Waals surface area contributed by atoms with E-state index in [2.05, 4.69) is 242 Å². The molecule has 2 heteroatoms. The van der Waals surface area contributed by atoms with Gasteiger partial charge in [0.05, 0.1) is 33.8 Å². The predicted molar refractivity (Wildman–Crippen MR) is 268 cm³/mol. The second-order valence-electron chi connectivity index (χ2n) is 17.6. The van der Waals surface area contributed by atoms with E-state index >= 15 is 0 Å². The third-order valence-corrected chi connectivity index (χ3v) is 13.9. The number of hydrogen-bond acceptors (Lipinski definition) is 1. The minimum Gasteiger partial charge on any atom is -0.309 e. The van der Waals surface area contributed by atoms with Gasteiger partial charge in [-0.3, -0.25) is 0 Å². The molecule has 0 bridgehead atoms. The molecule has 0 atom stereocenters.